The van der Waals surface area contributed by atoms with Gasteiger partial charge in [0.05, 0.1) is 12.6 Å². The summed E-state index contributed by atoms with van der Waals surface area (Å²) >= 11 is 0. The number of ether oxygens (including phenoxy) is 1. The van der Waals surface area contributed by atoms with E-state index in [9.17, 15) is 4.79 Å². The molecule has 0 aromatic rings. The van der Waals surface area contributed by atoms with Crippen molar-refractivity contribution in [3.8, 4) is 0 Å². The fourth-order valence-electron chi connectivity index (χ4n) is 1.84. The molecule has 0 bridgehead atoms. The highest BCUT2D eigenvalue weighted by Crippen LogP contribution is 2.21. The van der Waals surface area contributed by atoms with E-state index in [1.807, 2.05) is 27.7 Å². The van der Waals surface area contributed by atoms with Gasteiger partial charge in [-0.15, -0.1) is 0 Å². The summed E-state index contributed by atoms with van der Waals surface area (Å²) in [6.45, 7) is 16.7. The van der Waals surface area contributed by atoms with Gasteiger partial charge in [-0.1, -0.05) is 41.5 Å². The van der Waals surface area contributed by atoms with Crippen molar-refractivity contribution in [1.29, 1.82) is 0 Å². The second kappa shape index (κ2) is 9.75. The Kier molecular flexibility index (Phi) is 9.20. The third-order valence-corrected chi connectivity index (χ3v) is 3.39. The van der Waals surface area contributed by atoms with Crippen LogP contribution in [0.2, 0.25) is 0 Å². The van der Waals surface area contributed by atoms with Gasteiger partial charge in [-0.25, -0.2) is 0 Å². The van der Waals surface area contributed by atoms with Crippen molar-refractivity contribution >= 4 is 11.9 Å². The van der Waals surface area contributed by atoms with Crippen LogP contribution in [0.1, 0.15) is 48.5 Å². The molecule has 0 aliphatic heterocycles. The molecule has 136 valence electrons. The molecule has 6 nitrogen and oxygen atoms in total. The summed E-state index contributed by atoms with van der Waals surface area (Å²) in [4.78, 5) is 16.4. The van der Waals surface area contributed by atoms with E-state index < -0.39 is 0 Å². The maximum absolute atomic E-state index is 11.8. The molecule has 0 fully saturated rings. The summed E-state index contributed by atoms with van der Waals surface area (Å²) in [6, 6.07) is 0. The normalized spacial score (nSPS) is 14.3. The fourth-order valence-corrected chi connectivity index (χ4v) is 1.84. The standard InChI is InChI=1S/C17H36N4O2/c1-9-18-15(21-12-13(23-8)16(2,3)4)20-11-10-19-14(22)17(5,6)7/h13H,9-12H2,1-8H3,(H,19,22)(H2,18,20,21). The molecular formula is C17H36N4O2. The zero-order chi connectivity index (χ0) is 18.1. The first kappa shape index (κ1) is 21.7. The Bertz CT molecular complexity index is 381. The molecule has 0 heterocycles. The van der Waals surface area contributed by atoms with Crippen LogP contribution in [0.4, 0.5) is 0 Å². The Hall–Kier alpha value is -1.30. The molecule has 23 heavy (non-hydrogen) atoms. The summed E-state index contributed by atoms with van der Waals surface area (Å²) in [5.74, 6) is 0.789. The van der Waals surface area contributed by atoms with E-state index >= 15 is 0 Å². The largest absolute Gasteiger partial charge is 0.379 e. The second-order valence-corrected chi connectivity index (χ2v) is 7.74. The number of methoxy groups -OCH3 is 1. The van der Waals surface area contributed by atoms with E-state index in [0.717, 1.165) is 12.5 Å². The quantitative estimate of drug-likeness (QED) is 0.378. The van der Waals surface area contributed by atoms with Gasteiger partial charge in [0.1, 0.15) is 0 Å². The lowest BCUT2D eigenvalue weighted by atomic mass is 9.89. The molecule has 3 N–H and O–H groups in total. The molecule has 0 saturated heterocycles. The smallest absolute Gasteiger partial charge is 0.225 e. The highest BCUT2D eigenvalue weighted by Gasteiger charge is 2.24. The zero-order valence-corrected chi connectivity index (χ0v) is 16.2. The number of hydrogen-bond acceptors (Lipinski definition) is 3. The SMILES string of the molecule is CCNC(=NCC(OC)C(C)(C)C)NCCNC(=O)C(C)(C)C. The summed E-state index contributed by atoms with van der Waals surface area (Å²) in [5, 5.41) is 9.34. The van der Waals surface area contributed by atoms with Crippen LogP contribution in [0.15, 0.2) is 4.99 Å². The Morgan fingerprint density at radius 2 is 1.61 bits per heavy atom. The van der Waals surface area contributed by atoms with E-state index in [0.29, 0.717) is 19.6 Å². The number of guanidine groups is 1. The highest BCUT2D eigenvalue weighted by molar-refractivity contribution is 5.81. The number of amides is 1. The summed E-state index contributed by atoms with van der Waals surface area (Å²) in [7, 11) is 1.72. The lowest BCUT2D eigenvalue weighted by Crippen LogP contribution is -2.44. The van der Waals surface area contributed by atoms with Gasteiger partial charge in [0.15, 0.2) is 5.96 Å². The summed E-state index contributed by atoms with van der Waals surface area (Å²) < 4.78 is 5.52. The molecule has 6 heteroatoms. The van der Waals surface area contributed by atoms with Gasteiger partial charge in [-0.05, 0) is 12.3 Å². The van der Waals surface area contributed by atoms with Gasteiger partial charge < -0.3 is 20.7 Å². The molecule has 1 amide bonds. The topological polar surface area (TPSA) is 74.8 Å². The van der Waals surface area contributed by atoms with Crippen LogP contribution in [0.3, 0.4) is 0 Å². The minimum absolute atomic E-state index is 0.0380. The van der Waals surface area contributed by atoms with Crippen molar-refractivity contribution in [3.63, 3.8) is 0 Å². The van der Waals surface area contributed by atoms with Crippen LogP contribution in [-0.2, 0) is 9.53 Å². The molecule has 0 aromatic carbocycles. The van der Waals surface area contributed by atoms with E-state index in [2.05, 4.69) is 41.7 Å². The first-order valence-corrected chi connectivity index (χ1v) is 8.35. The molecule has 0 spiro atoms. The van der Waals surface area contributed by atoms with Crippen molar-refractivity contribution in [1.82, 2.24) is 16.0 Å². The monoisotopic (exact) mass is 328 g/mol. The Labute approximate surface area is 141 Å². The maximum Gasteiger partial charge on any atom is 0.225 e. The predicted molar refractivity (Wildman–Crippen MR) is 96.7 cm³/mol. The van der Waals surface area contributed by atoms with Gasteiger partial charge in [-0.2, -0.15) is 0 Å². The van der Waals surface area contributed by atoms with Gasteiger partial charge >= 0.3 is 0 Å². The number of carbonyl (C=O) groups is 1. The molecule has 0 aliphatic carbocycles. The lowest BCUT2D eigenvalue weighted by molar-refractivity contribution is -0.128. The minimum Gasteiger partial charge on any atom is -0.379 e. The number of rotatable bonds is 7. The molecule has 0 rings (SSSR count). The predicted octanol–water partition coefficient (Wildman–Crippen LogP) is 1.76. The number of nitrogens with zero attached hydrogens (tertiary/aromatic N) is 1. The van der Waals surface area contributed by atoms with Gasteiger partial charge in [0.25, 0.3) is 0 Å². The summed E-state index contributed by atoms with van der Waals surface area (Å²) in [6.07, 6.45) is 0.0542. The fraction of sp³-hybridized carbons (Fsp3) is 0.882. The van der Waals surface area contributed by atoms with Crippen LogP contribution in [-0.4, -0.2) is 51.3 Å². The average Bonchev–Trinajstić information content (AvgIpc) is 2.41. The van der Waals surface area contributed by atoms with Crippen LogP contribution in [0, 0.1) is 10.8 Å². The Morgan fingerprint density at radius 3 is 2.04 bits per heavy atom. The number of nitrogens with one attached hydrogen (secondary N) is 3. The average molecular weight is 329 g/mol. The maximum atomic E-state index is 11.8. The van der Waals surface area contributed by atoms with Crippen molar-refractivity contribution < 1.29 is 9.53 Å². The van der Waals surface area contributed by atoms with Crippen molar-refractivity contribution in [2.24, 2.45) is 15.8 Å². The zero-order valence-electron chi connectivity index (χ0n) is 16.2. The van der Waals surface area contributed by atoms with Crippen LogP contribution < -0.4 is 16.0 Å². The van der Waals surface area contributed by atoms with Crippen molar-refractivity contribution in [2.75, 3.05) is 33.3 Å². The molecule has 1 unspecified atom stereocenters. The molecule has 0 aromatic heterocycles. The molecular weight excluding hydrogens is 292 g/mol. The van der Waals surface area contributed by atoms with Gasteiger partial charge in [0, 0.05) is 32.2 Å². The van der Waals surface area contributed by atoms with Crippen LogP contribution in [0.25, 0.3) is 0 Å². The first-order valence-electron chi connectivity index (χ1n) is 8.35. The molecule has 0 aliphatic rings. The molecule has 0 radical (unpaired) electrons. The molecule has 0 saturated carbocycles. The van der Waals surface area contributed by atoms with E-state index in [4.69, 9.17) is 4.74 Å². The van der Waals surface area contributed by atoms with Gasteiger partial charge in [0.2, 0.25) is 5.91 Å². The third-order valence-electron chi connectivity index (χ3n) is 3.39. The number of hydrogen-bond donors (Lipinski definition) is 3. The van der Waals surface area contributed by atoms with Gasteiger partial charge in [-0.3, -0.25) is 9.79 Å². The van der Waals surface area contributed by atoms with Crippen molar-refractivity contribution in [3.05, 3.63) is 0 Å². The highest BCUT2D eigenvalue weighted by atomic mass is 16.5. The second-order valence-electron chi connectivity index (χ2n) is 7.74. The van der Waals surface area contributed by atoms with Crippen LogP contribution in [0.5, 0.6) is 0 Å². The van der Waals surface area contributed by atoms with Crippen molar-refractivity contribution in [2.45, 2.75) is 54.6 Å². The van der Waals surface area contributed by atoms with E-state index in [1.54, 1.807) is 7.11 Å². The van der Waals surface area contributed by atoms with E-state index in [-0.39, 0.29) is 22.8 Å². The minimum atomic E-state index is -0.364. The van der Waals surface area contributed by atoms with E-state index in [1.165, 1.54) is 0 Å². The Balaban J connectivity index is 4.41. The first-order chi connectivity index (χ1) is 10.5. The number of aliphatic imine (C=N–C) groups is 1. The summed E-state index contributed by atoms with van der Waals surface area (Å²) in [5.41, 5.74) is -0.326. The third kappa shape index (κ3) is 9.43. The number of carbonyl (C=O) groups excluding carboxylic acids is 1. The van der Waals surface area contributed by atoms with Crippen LogP contribution >= 0.6 is 0 Å². The Morgan fingerprint density at radius 1 is 1.04 bits per heavy atom. The lowest BCUT2D eigenvalue weighted by Gasteiger charge is -2.28. The molecule has 1 atom stereocenters.